The second-order valence-corrected chi connectivity index (χ2v) is 20.1. The van der Waals surface area contributed by atoms with Gasteiger partial charge in [0.2, 0.25) is 0 Å². The summed E-state index contributed by atoms with van der Waals surface area (Å²) in [4.78, 5) is 12.9. The van der Waals surface area contributed by atoms with Crippen molar-refractivity contribution in [2.24, 2.45) is 0 Å². The molecule has 1 heterocycles. The standard InChI is InChI=1S/C59H110O9/c1-3-5-7-9-11-13-15-17-19-21-23-25-26-27-28-29-30-32-34-36-38-40-42-44-46-48-55(61)67-53(52-66-59-58(64)57(63)56(62)54(50-60)68-59)51-65-49-47-45-43-41-39-37-35-33-31-24-22-20-18-16-14-12-10-8-6-4-2/h12,14,18,20,24,31,53-54,56-60,62-64H,3-11,13,15-17,19,21-23,25-30,32-52H2,1-2H3/b14-12-,20-18-,31-24-. The molecule has 0 bridgehead atoms. The predicted molar refractivity (Wildman–Crippen MR) is 284 cm³/mol. The number of ether oxygens (including phenoxy) is 4. The van der Waals surface area contributed by atoms with E-state index in [1.54, 1.807) is 0 Å². The maximum atomic E-state index is 12.9. The minimum Gasteiger partial charge on any atom is -0.457 e. The van der Waals surface area contributed by atoms with E-state index < -0.39 is 43.4 Å². The van der Waals surface area contributed by atoms with E-state index in [1.807, 2.05) is 0 Å². The Balaban J connectivity index is 2.14. The van der Waals surface area contributed by atoms with E-state index in [4.69, 9.17) is 18.9 Å². The molecule has 9 nitrogen and oxygen atoms in total. The van der Waals surface area contributed by atoms with Crippen molar-refractivity contribution in [3.05, 3.63) is 36.5 Å². The zero-order valence-corrected chi connectivity index (χ0v) is 44.4. The van der Waals surface area contributed by atoms with E-state index in [9.17, 15) is 25.2 Å². The first kappa shape index (κ1) is 64.4. The number of aliphatic hydroxyl groups excluding tert-OH is 4. The van der Waals surface area contributed by atoms with Gasteiger partial charge in [-0.25, -0.2) is 0 Å². The summed E-state index contributed by atoms with van der Waals surface area (Å²) in [5, 5.41) is 40.3. The van der Waals surface area contributed by atoms with Crippen LogP contribution in [0.3, 0.4) is 0 Å². The predicted octanol–water partition coefficient (Wildman–Crippen LogP) is 15.0. The molecule has 1 aliphatic heterocycles. The zero-order chi connectivity index (χ0) is 49.2. The molecule has 400 valence electrons. The lowest BCUT2D eigenvalue weighted by Gasteiger charge is -2.39. The third-order valence-corrected chi connectivity index (χ3v) is 13.6. The number of carbonyl (C=O) groups is 1. The van der Waals surface area contributed by atoms with Crippen molar-refractivity contribution in [1.82, 2.24) is 0 Å². The summed E-state index contributed by atoms with van der Waals surface area (Å²) in [6.07, 6.45) is 56.2. The summed E-state index contributed by atoms with van der Waals surface area (Å²) in [5.74, 6) is -0.311. The molecule has 0 aromatic carbocycles. The van der Waals surface area contributed by atoms with Gasteiger partial charge in [0.25, 0.3) is 0 Å². The van der Waals surface area contributed by atoms with Crippen molar-refractivity contribution in [2.45, 2.75) is 307 Å². The monoisotopic (exact) mass is 963 g/mol. The normalized spacial score (nSPS) is 19.3. The topological polar surface area (TPSA) is 135 Å². The van der Waals surface area contributed by atoms with Crippen LogP contribution in [0.4, 0.5) is 0 Å². The van der Waals surface area contributed by atoms with Gasteiger partial charge in [-0.2, -0.15) is 0 Å². The van der Waals surface area contributed by atoms with E-state index in [2.05, 4.69) is 50.3 Å². The average molecular weight is 964 g/mol. The fraction of sp³-hybridized carbons (Fsp3) is 0.881. The Morgan fingerprint density at radius 3 is 1.31 bits per heavy atom. The lowest BCUT2D eigenvalue weighted by atomic mass is 9.99. The molecule has 0 spiro atoms. The Morgan fingerprint density at radius 2 is 0.853 bits per heavy atom. The van der Waals surface area contributed by atoms with E-state index >= 15 is 0 Å². The lowest BCUT2D eigenvalue weighted by molar-refractivity contribution is -0.305. The fourth-order valence-corrected chi connectivity index (χ4v) is 9.03. The molecular formula is C59H110O9. The van der Waals surface area contributed by atoms with Gasteiger partial charge in [0.05, 0.1) is 19.8 Å². The Kier molecular flexibility index (Phi) is 47.7. The molecule has 0 aliphatic carbocycles. The number of hydrogen-bond acceptors (Lipinski definition) is 9. The molecule has 1 fully saturated rings. The maximum Gasteiger partial charge on any atom is 0.306 e. The van der Waals surface area contributed by atoms with Crippen molar-refractivity contribution in [2.75, 3.05) is 26.4 Å². The molecule has 1 aliphatic rings. The minimum atomic E-state index is -1.54. The van der Waals surface area contributed by atoms with Crippen molar-refractivity contribution in [3.8, 4) is 0 Å². The smallest absolute Gasteiger partial charge is 0.306 e. The molecule has 68 heavy (non-hydrogen) atoms. The summed E-state index contributed by atoms with van der Waals surface area (Å²) < 4.78 is 23.0. The van der Waals surface area contributed by atoms with Gasteiger partial charge in [-0.3, -0.25) is 4.79 Å². The highest BCUT2D eigenvalue weighted by atomic mass is 16.7. The highest BCUT2D eigenvalue weighted by Crippen LogP contribution is 2.23. The van der Waals surface area contributed by atoms with Crippen molar-refractivity contribution in [3.63, 3.8) is 0 Å². The molecule has 1 rings (SSSR count). The van der Waals surface area contributed by atoms with E-state index in [0.717, 1.165) is 57.8 Å². The molecule has 0 aromatic heterocycles. The van der Waals surface area contributed by atoms with Crippen LogP contribution in [-0.4, -0.2) is 89.6 Å². The zero-order valence-electron chi connectivity index (χ0n) is 44.4. The molecule has 9 heteroatoms. The van der Waals surface area contributed by atoms with Crippen molar-refractivity contribution < 1.29 is 44.2 Å². The number of aliphatic hydroxyl groups is 4. The first-order chi connectivity index (χ1) is 33.4. The van der Waals surface area contributed by atoms with Crippen LogP contribution in [0.5, 0.6) is 0 Å². The second kappa shape index (κ2) is 50.4. The second-order valence-electron chi connectivity index (χ2n) is 20.1. The van der Waals surface area contributed by atoms with Crippen molar-refractivity contribution >= 4 is 5.97 Å². The molecule has 0 saturated carbocycles. The van der Waals surface area contributed by atoms with Gasteiger partial charge in [0, 0.05) is 13.0 Å². The molecule has 4 N–H and O–H groups in total. The summed E-state index contributed by atoms with van der Waals surface area (Å²) in [5.41, 5.74) is 0. The van der Waals surface area contributed by atoms with Crippen LogP contribution < -0.4 is 0 Å². The van der Waals surface area contributed by atoms with Gasteiger partial charge in [0.1, 0.15) is 30.5 Å². The molecule has 0 amide bonds. The lowest BCUT2D eigenvalue weighted by Crippen LogP contribution is -2.59. The molecule has 6 unspecified atom stereocenters. The first-order valence-corrected chi connectivity index (χ1v) is 29.1. The van der Waals surface area contributed by atoms with Gasteiger partial charge in [-0.15, -0.1) is 0 Å². The number of rotatable bonds is 51. The van der Waals surface area contributed by atoms with Crippen LogP contribution in [0.1, 0.15) is 271 Å². The highest BCUT2D eigenvalue weighted by Gasteiger charge is 2.44. The summed E-state index contributed by atoms with van der Waals surface area (Å²) in [7, 11) is 0. The molecule has 6 atom stereocenters. The van der Waals surface area contributed by atoms with Crippen LogP contribution >= 0.6 is 0 Å². The van der Waals surface area contributed by atoms with Crippen LogP contribution in [0.25, 0.3) is 0 Å². The van der Waals surface area contributed by atoms with Gasteiger partial charge in [-0.1, -0.05) is 249 Å². The third-order valence-electron chi connectivity index (χ3n) is 13.6. The highest BCUT2D eigenvalue weighted by molar-refractivity contribution is 5.69. The Labute approximate surface area is 419 Å². The Bertz CT molecular complexity index is 1140. The number of hydrogen-bond donors (Lipinski definition) is 4. The number of carbonyl (C=O) groups excluding carboxylic acids is 1. The molecule has 0 radical (unpaired) electrons. The first-order valence-electron chi connectivity index (χ1n) is 29.1. The average Bonchev–Trinajstić information content (AvgIpc) is 3.34. The largest absolute Gasteiger partial charge is 0.457 e. The van der Waals surface area contributed by atoms with Gasteiger partial charge in [0.15, 0.2) is 6.29 Å². The molecular weight excluding hydrogens is 853 g/mol. The van der Waals surface area contributed by atoms with Crippen LogP contribution in [0, 0.1) is 0 Å². The maximum absolute atomic E-state index is 12.9. The SMILES string of the molecule is CCCCC/C=C\C/C=C\C/C=C\CCCCCCCCCOCC(COC1OC(CO)C(O)C(O)C1O)OC(=O)CCCCCCCCCCCCCCCCCCCCCCCCCCC. The van der Waals surface area contributed by atoms with E-state index in [1.165, 1.54) is 193 Å². The van der Waals surface area contributed by atoms with E-state index in [-0.39, 0.29) is 19.2 Å². The Morgan fingerprint density at radius 1 is 0.471 bits per heavy atom. The molecule has 1 saturated heterocycles. The van der Waals surface area contributed by atoms with Gasteiger partial charge >= 0.3 is 5.97 Å². The minimum absolute atomic E-state index is 0.114. The van der Waals surface area contributed by atoms with Crippen LogP contribution in [0.2, 0.25) is 0 Å². The summed E-state index contributed by atoms with van der Waals surface area (Å²) in [6, 6.07) is 0. The quantitative estimate of drug-likeness (QED) is 0.0267. The van der Waals surface area contributed by atoms with Crippen molar-refractivity contribution in [1.29, 1.82) is 0 Å². The molecule has 0 aromatic rings. The van der Waals surface area contributed by atoms with Crippen LogP contribution in [0.15, 0.2) is 36.5 Å². The fourth-order valence-electron chi connectivity index (χ4n) is 9.03. The summed E-state index contributed by atoms with van der Waals surface area (Å²) in [6.45, 7) is 4.56. The number of unbranched alkanes of at least 4 members (excludes halogenated alkanes) is 34. The van der Waals surface area contributed by atoms with Gasteiger partial charge in [-0.05, 0) is 51.4 Å². The third kappa shape index (κ3) is 40.1. The summed E-state index contributed by atoms with van der Waals surface area (Å²) >= 11 is 0. The van der Waals surface area contributed by atoms with Gasteiger partial charge < -0.3 is 39.4 Å². The Hall–Kier alpha value is -1.59. The van der Waals surface area contributed by atoms with E-state index in [0.29, 0.717) is 13.0 Å². The number of allylic oxidation sites excluding steroid dienone is 6. The number of esters is 1. The van der Waals surface area contributed by atoms with Crippen LogP contribution in [-0.2, 0) is 23.7 Å².